The summed E-state index contributed by atoms with van der Waals surface area (Å²) in [5.41, 5.74) is 8.39. The molecule has 0 fully saturated rings. The van der Waals surface area contributed by atoms with Crippen LogP contribution in [0.3, 0.4) is 0 Å². The minimum absolute atomic E-state index is 0.00810. The molecular weight excluding hydrogens is 336 g/mol. The number of phenolic OH excluding ortho intramolecular Hbond substituents is 1. The molecule has 1 aliphatic rings. The van der Waals surface area contributed by atoms with Crippen LogP contribution in [0, 0.1) is 0 Å². The van der Waals surface area contributed by atoms with Gasteiger partial charge in [-0.1, -0.05) is 6.07 Å². The molecule has 0 bridgehead atoms. The summed E-state index contributed by atoms with van der Waals surface area (Å²) in [4.78, 5) is 17.7. The Hall–Kier alpha value is -2.38. The molecule has 0 saturated heterocycles. The molecule has 0 radical (unpaired) electrons. The second-order valence-electron chi connectivity index (χ2n) is 6.14. The number of thiophene rings is 1. The number of fused-ring (bicyclic) bond motifs is 1. The number of carbonyl (C=O) groups is 1. The lowest BCUT2D eigenvalue weighted by atomic mass is 9.97. The van der Waals surface area contributed by atoms with E-state index in [9.17, 15) is 9.90 Å². The van der Waals surface area contributed by atoms with Crippen LogP contribution >= 0.6 is 11.3 Å². The van der Waals surface area contributed by atoms with E-state index in [2.05, 4.69) is 15.6 Å². The number of benzene rings is 1. The molecule has 3 rings (SSSR count). The third-order valence-corrected chi connectivity index (χ3v) is 5.03. The zero-order valence-corrected chi connectivity index (χ0v) is 14.9. The molecule has 0 aliphatic carbocycles. The van der Waals surface area contributed by atoms with Crippen molar-refractivity contribution in [2.24, 2.45) is 10.7 Å². The van der Waals surface area contributed by atoms with Gasteiger partial charge in [-0.3, -0.25) is 9.79 Å². The number of nitrogens with two attached hydrogens (primary N) is 1. The number of aromatic hydroxyl groups is 1. The summed E-state index contributed by atoms with van der Waals surface area (Å²) < 4.78 is 0. The molecule has 5 N–H and O–H groups in total. The first-order chi connectivity index (χ1) is 12.0. The quantitative estimate of drug-likeness (QED) is 0.482. The van der Waals surface area contributed by atoms with Crippen LogP contribution in [0.2, 0.25) is 0 Å². The highest BCUT2D eigenvalue weighted by Gasteiger charge is 2.18. The van der Waals surface area contributed by atoms with Crippen LogP contribution in [-0.4, -0.2) is 36.0 Å². The Labute approximate surface area is 150 Å². The van der Waals surface area contributed by atoms with Crippen LogP contribution in [0.5, 0.6) is 5.75 Å². The number of aliphatic imine (C=N–C) groups is 1. The molecule has 7 heteroatoms. The highest BCUT2D eigenvalue weighted by atomic mass is 32.1. The SMILES string of the molecule is CC(CN=C(N)c1cccs1)NC(=O)c1cc2c(cc1O)CNCC2. The molecule has 0 saturated carbocycles. The normalized spacial score (nSPS) is 15.5. The topological polar surface area (TPSA) is 99.7 Å². The highest BCUT2D eigenvalue weighted by Crippen LogP contribution is 2.25. The Morgan fingerprint density at radius 3 is 3.08 bits per heavy atom. The molecule has 2 heterocycles. The number of amides is 1. The van der Waals surface area contributed by atoms with Crippen molar-refractivity contribution in [1.82, 2.24) is 10.6 Å². The lowest BCUT2D eigenvalue weighted by molar-refractivity contribution is 0.0938. The van der Waals surface area contributed by atoms with Crippen molar-refractivity contribution in [3.8, 4) is 5.75 Å². The van der Waals surface area contributed by atoms with Crippen molar-refractivity contribution >= 4 is 23.1 Å². The molecule has 2 aromatic rings. The summed E-state index contributed by atoms with van der Waals surface area (Å²) in [6, 6.07) is 7.10. The summed E-state index contributed by atoms with van der Waals surface area (Å²) in [6.45, 7) is 3.84. The maximum absolute atomic E-state index is 12.5. The van der Waals surface area contributed by atoms with Crippen molar-refractivity contribution < 1.29 is 9.90 Å². The van der Waals surface area contributed by atoms with Gasteiger partial charge in [0.2, 0.25) is 0 Å². The number of nitrogens with zero attached hydrogens (tertiary/aromatic N) is 1. The van der Waals surface area contributed by atoms with Gasteiger partial charge in [0, 0.05) is 12.6 Å². The van der Waals surface area contributed by atoms with Gasteiger partial charge < -0.3 is 21.5 Å². The standard InChI is InChI=1S/C18H22N4O2S/c1-11(9-21-17(19)16-3-2-6-25-16)22-18(24)14-7-12-4-5-20-10-13(12)8-15(14)23/h2-3,6-8,11,20,23H,4-5,9-10H2,1H3,(H2,19,21)(H,22,24). The van der Waals surface area contributed by atoms with Crippen molar-refractivity contribution in [3.05, 3.63) is 51.2 Å². The third-order valence-electron chi connectivity index (χ3n) is 4.14. The molecule has 25 heavy (non-hydrogen) atoms. The first-order valence-electron chi connectivity index (χ1n) is 8.24. The molecule has 132 valence electrons. The van der Waals surface area contributed by atoms with Gasteiger partial charge in [-0.2, -0.15) is 0 Å². The second kappa shape index (κ2) is 7.67. The number of rotatable bonds is 5. The van der Waals surface area contributed by atoms with E-state index in [1.165, 1.54) is 11.3 Å². The number of nitrogens with one attached hydrogen (secondary N) is 2. The van der Waals surface area contributed by atoms with Crippen molar-refractivity contribution in [2.75, 3.05) is 13.1 Å². The smallest absolute Gasteiger partial charge is 0.255 e. The largest absolute Gasteiger partial charge is 0.507 e. The average molecular weight is 358 g/mol. The summed E-state index contributed by atoms with van der Waals surface area (Å²) in [5, 5.41) is 18.2. The van der Waals surface area contributed by atoms with E-state index in [0.717, 1.165) is 35.5 Å². The molecule has 6 nitrogen and oxygen atoms in total. The molecule has 1 aromatic carbocycles. The van der Waals surface area contributed by atoms with Crippen LogP contribution in [0.1, 0.15) is 33.3 Å². The zero-order valence-electron chi connectivity index (χ0n) is 14.1. The van der Waals surface area contributed by atoms with E-state index in [1.807, 2.05) is 24.4 Å². The maximum atomic E-state index is 12.5. The van der Waals surface area contributed by atoms with Crippen LogP contribution in [0.4, 0.5) is 0 Å². The summed E-state index contributed by atoms with van der Waals surface area (Å²) in [5.74, 6) is 0.185. The van der Waals surface area contributed by atoms with Gasteiger partial charge >= 0.3 is 0 Å². The predicted molar refractivity (Wildman–Crippen MR) is 100 cm³/mol. The molecule has 1 aromatic heterocycles. The summed E-state index contributed by atoms with van der Waals surface area (Å²) in [6.07, 6.45) is 0.854. The van der Waals surface area contributed by atoms with Crippen LogP contribution in [0.25, 0.3) is 0 Å². The fourth-order valence-electron chi connectivity index (χ4n) is 2.79. The highest BCUT2D eigenvalue weighted by molar-refractivity contribution is 7.12. The number of hydrogen-bond donors (Lipinski definition) is 4. The zero-order chi connectivity index (χ0) is 17.8. The van der Waals surface area contributed by atoms with E-state index in [0.29, 0.717) is 17.9 Å². The van der Waals surface area contributed by atoms with Gasteiger partial charge in [0.1, 0.15) is 11.6 Å². The van der Waals surface area contributed by atoms with Gasteiger partial charge in [0.25, 0.3) is 5.91 Å². The summed E-state index contributed by atoms with van der Waals surface area (Å²) in [7, 11) is 0. The number of phenols is 1. The Morgan fingerprint density at radius 2 is 2.32 bits per heavy atom. The number of amidine groups is 1. The van der Waals surface area contributed by atoms with Gasteiger partial charge in [0.15, 0.2) is 0 Å². The lowest BCUT2D eigenvalue weighted by Crippen LogP contribution is -2.35. The summed E-state index contributed by atoms with van der Waals surface area (Å²) >= 11 is 1.53. The van der Waals surface area contributed by atoms with Crippen LogP contribution in [0.15, 0.2) is 34.6 Å². The fraction of sp³-hybridized carbons (Fsp3) is 0.333. The van der Waals surface area contributed by atoms with E-state index >= 15 is 0 Å². The minimum atomic E-state index is -0.295. The lowest BCUT2D eigenvalue weighted by Gasteiger charge is -2.19. The fourth-order valence-corrected chi connectivity index (χ4v) is 3.43. The van der Waals surface area contributed by atoms with Gasteiger partial charge in [-0.15, -0.1) is 11.3 Å². The molecule has 1 atom stereocenters. The molecule has 0 spiro atoms. The molecule has 1 aliphatic heterocycles. The van der Waals surface area contributed by atoms with E-state index in [4.69, 9.17) is 5.73 Å². The maximum Gasteiger partial charge on any atom is 0.255 e. The first-order valence-corrected chi connectivity index (χ1v) is 9.12. The minimum Gasteiger partial charge on any atom is -0.507 e. The Balaban J connectivity index is 1.64. The van der Waals surface area contributed by atoms with E-state index < -0.39 is 0 Å². The van der Waals surface area contributed by atoms with Crippen molar-refractivity contribution in [3.63, 3.8) is 0 Å². The second-order valence-corrected chi connectivity index (χ2v) is 7.09. The van der Waals surface area contributed by atoms with Crippen molar-refractivity contribution in [1.29, 1.82) is 0 Å². The molecular formula is C18H22N4O2S. The van der Waals surface area contributed by atoms with Gasteiger partial charge in [-0.25, -0.2) is 0 Å². The Bertz CT molecular complexity index is 787. The van der Waals surface area contributed by atoms with Crippen molar-refractivity contribution in [2.45, 2.75) is 25.9 Å². The predicted octanol–water partition coefficient (Wildman–Crippen LogP) is 1.62. The van der Waals surface area contributed by atoms with Crippen LogP contribution in [-0.2, 0) is 13.0 Å². The Kier molecular flexibility index (Phi) is 5.35. The molecule has 1 amide bonds. The monoisotopic (exact) mass is 358 g/mol. The Morgan fingerprint density at radius 1 is 1.48 bits per heavy atom. The average Bonchev–Trinajstić information content (AvgIpc) is 3.13. The van der Waals surface area contributed by atoms with Gasteiger partial charge in [-0.05, 0) is 54.6 Å². The molecule has 1 unspecified atom stereocenters. The van der Waals surface area contributed by atoms with E-state index in [1.54, 1.807) is 12.1 Å². The number of carbonyl (C=O) groups excluding carboxylic acids is 1. The van der Waals surface area contributed by atoms with E-state index in [-0.39, 0.29) is 17.7 Å². The van der Waals surface area contributed by atoms with Gasteiger partial charge in [0.05, 0.1) is 17.0 Å². The number of hydrogen-bond acceptors (Lipinski definition) is 5. The van der Waals surface area contributed by atoms with Crippen LogP contribution < -0.4 is 16.4 Å². The third kappa shape index (κ3) is 4.18. The first kappa shape index (κ1) is 17.4.